The molecule has 3 rings (SSSR count). The third-order valence-corrected chi connectivity index (χ3v) is 5.10. The number of nitrogens with one attached hydrogen (secondary N) is 1. The molecular formula is C15H17FN4O5S. The lowest BCUT2D eigenvalue weighted by Gasteiger charge is -2.17. The van der Waals surface area contributed by atoms with E-state index in [9.17, 15) is 22.7 Å². The van der Waals surface area contributed by atoms with E-state index in [1.165, 1.54) is 6.20 Å². The average molecular weight is 384 g/mol. The highest BCUT2D eigenvalue weighted by Gasteiger charge is 2.38. The number of halogens is 1. The molecule has 2 N–H and O–H groups in total. The minimum atomic E-state index is -4.28. The van der Waals surface area contributed by atoms with Crippen LogP contribution >= 0.6 is 0 Å². The standard InChI is InChI=1S/C15H17FN4O5S/c1-8(2)3-4-25-12-6-17-9-5-10(21)15(13(16)14(9)18-12)20-7-11(22)19-26(20,23)24/h5-6,8,21H,3-4,7H2,1-2H3,(H,19,22). The molecule has 1 aliphatic heterocycles. The average Bonchev–Trinajstić information content (AvgIpc) is 2.80. The molecular weight excluding hydrogens is 367 g/mol. The summed E-state index contributed by atoms with van der Waals surface area (Å²) >= 11 is 0. The quantitative estimate of drug-likeness (QED) is 0.791. The third kappa shape index (κ3) is 3.34. The number of hydrogen-bond donors (Lipinski definition) is 2. The van der Waals surface area contributed by atoms with Gasteiger partial charge in [0.1, 0.15) is 23.5 Å². The van der Waals surface area contributed by atoms with E-state index in [0.29, 0.717) is 16.8 Å². The van der Waals surface area contributed by atoms with Gasteiger partial charge in [-0.1, -0.05) is 13.8 Å². The Kier molecular flexibility index (Phi) is 4.57. The van der Waals surface area contributed by atoms with Gasteiger partial charge in [-0.2, -0.15) is 8.42 Å². The van der Waals surface area contributed by atoms with Gasteiger partial charge in [0.25, 0.3) is 5.91 Å². The number of ether oxygens (including phenoxy) is 1. The van der Waals surface area contributed by atoms with Crippen molar-refractivity contribution in [3.8, 4) is 11.6 Å². The highest BCUT2D eigenvalue weighted by atomic mass is 32.2. The SMILES string of the molecule is CC(C)CCOc1cnc2cc(O)c(N3CC(=O)NS3(=O)=O)c(F)c2n1. The van der Waals surface area contributed by atoms with Crippen molar-refractivity contribution in [1.29, 1.82) is 0 Å². The summed E-state index contributed by atoms with van der Waals surface area (Å²) in [4.78, 5) is 19.4. The number of anilines is 1. The van der Waals surface area contributed by atoms with Crippen LogP contribution in [-0.4, -0.2) is 42.6 Å². The van der Waals surface area contributed by atoms with E-state index >= 15 is 0 Å². The van der Waals surface area contributed by atoms with Gasteiger partial charge >= 0.3 is 10.2 Å². The number of aromatic hydroxyl groups is 1. The number of phenolic OH excluding ortho intramolecular Hbond substituents is 1. The number of hydrogen-bond acceptors (Lipinski definition) is 7. The Morgan fingerprint density at radius 2 is 2.19 bits per heavy atom. The highest BCUT2D eigenvalue weighted by Crippen LogP contribution is 2.37. The monoisotopic (exact) mass is 384 g/mol. The largest absolute Gasteiger partial charge is 0.506 e. The van der Waals surface area contributed by atoms with Crippen LogP contribution < -0.4 is 13.8 Å². The van der Waals surface area contributed by atoms with E-state index in [2.05, 4.69) is 9.97 Å². The number of phenols is 1. The number of rotatable bonds is 5. The molecule has 1 aromatic carbocycles. The van der Waals surface area contributed by atoms with Crippen molar-refractivity contribution in [2.45, 2.75) is 20.3 Å². The number of carbonyl (C=O) groups is 1. The van der Waals surface area contributed by atoms with Crippen LogP contribution in [0.3, 0.4) is 0 Å². The molecule has 2 aromatic rings. The van der Waals surface area contributed by atoms with Gasteiger partial charge < -0.3 is 9.84 Å². The summed E-state index contributed by atoms with van der Waals surface area (Å²) in [6, 6.07) is 1.08. The van der Waals surface area contributed by atoms with E-state index in [0.717, 1.165) is 12.5 Å². The maximum Gasteiger partial charge on any atom is 0.326 e. The van der Waals surface area contributed by atoms with Crippen LogP contribution in [0.25, 0.3) is 11.0 Å². The van der Waals surface area contributed by atoms with Gasteiger partial charge in [0.2, 0.25) is 5.88 Å². The van der Waals surface area contributed by atoms with Gasteiger partial charge in [0.15, 0.2) is 5.82 Å². The van der Waals surface area contributed by atoms with Crippen LogP contribution in [0.15, 0.2) is 12.3 Å². The third-order valence-electron chi connectivity index (χ3n) is 3.73. The predicted octanol–water partition coefficient (Wildman–Crippen LogP) is 1.08. The summed E-state index contributed by atoms with van der Waals surface area (Å²) in [7, 11) is -4.28. The van der Waals surface area contributed by atoms with Crippen LogP contribution in [0.4, 0.5) is 10.1 Å². The van der Waals surface area contributed by atoms with E-state index in [1.807, 2.05) is 13.8 Å². The normalized spacial score (nSPS) is 16.3. The van der Waals surface area contributed by atoms with Crippen molar-refractivity contribution >= 4 is 32.8 Å². The fourth-order valence-corrected chi connectivity index (χ4v) is 3.59. The molecule has 0 atom stereocenters. The molecule has 0 unspecified atom stereocenters. The zero-order chi connectivity index (χ0) is 19.1. The van der Waals surface area contributed by atoms with Crippen molar-refractivity contribution in [2.75, 3.05) is 17.5 Å². The summed E-state index contributed by atoms with van der Waals surface area (Å²) < 4.78 is 46.4. The van der Waals surface area contributed by atoms with E-state index in [-0.39, 0.29) is 16.9 Å². The number of amides is 1. The molecule has 0 bridgehead atoms. The Morgan fingerprint density at radius 3 is 2.81 bits per heavy atom. The van der Waals surface area contributed by atoms with Crippen LogP contribution in [0.2, 0.25) is 0 Å². The Labute approximate surface area is 149 Å². The number of fused-ring (bicyclic) bond motifs is 1. The molecule has 9 nitrogen and oxygen atoms in total. The highest BCUT2D eigenvalue weighted by molar-refractivity contribution is 7.92. The second kappa shape index (κ2) is 6.56. The summed E-state index contributed by atoms with van der Waals surface area (Å²) in [6.07, 6.45) is 2.06. The maximum atomic E-state index is 14.9. The molecule has 1 amide bonds. The predicted molar refractivity (Wildman–Crippen MR) is 90.5 cm³/mol. The Morgan fingerprint density at radius 1 is 1.46 bits per heavy atom. The smallest absolute Gasteiger partial charge is 0.326 e. The lowest BCUT2D eigenvalue weighted by Crippen LogP contribution is -2.30. The summed E-state index contributed by atoms with van der Waals surface area (Å²) in [5.41, 5.74) is -0.908. The molecule has 11 heteroatoms. The Bertz CT molecular complexity index is 980. The molecule has 1 aliphatic rings. The topological polar surface area (TPSA) is 122 Å². The van der Waals surface area contributed by atoms with E-state index in [1.54, 1.807) is 4.72 Å². The maximum absolute atomic E-state index is 14.9. The van der Waals surface area contributed by atoms with Crippen LogP contribution in [0.1, 0.15) is 20.3 Å². The Hall–Kier alpha value is -2.69. The fraction of sp³-hybridized carbons (Fsp3) is 0.400. The van der Waals surface area contributed by atoms with Crippen molar-refractivity contribution in [1.82, 2.24) is 14.7 Å². The second-order valence-corrected chi connectivity index (χ2v) is 7.80. The first kappa shape index (κ1) is 18.1. The number of benzene rings is 1. The number of aromatic nitrogens is 2. The second-order valence-electron chi connectivity index (χ2n) is 6.20. The number of nitrogens with zero attached hydrogens (tertiary/aromatic N) is 3. The summed E-state index contributed by atoms with van der Waals surface area (Å²) in [6.45, 7) is 3.77. The first-order chi connectivity index (χ1) is 12.2. The molecule has 2 heterocycles. The van der Waals surface area contributed by atoms with Gasteiger partial charge in [-0.25, -0.2) is 23.4 Å². The van der Waals surface area contributed by atoms with Crippen LogP contribution in [0.5, 0.6) is 11.6 Å². The lowest BCUT2D eigenvalue weighted by atomic mass is 10.1. The van der Waals surface area contributed by atoms with Gasteiger partial charge in [-0.05, 0) is 12.3 Å². The minimum absolute atomic E-state index is 0.0239. The lowest BCUT2D eigenvalue weighted by molar-refractivity contribution is -0.117. The summed E-state index contributed by atoms with van der Waals surface area (Å²) in [5.74, 6) is -2.12. The molecule has 1 fully saturated rings. The van der Waals surface area contributed by atoms with E-state index in [4.69, 9.17) is 4.74 Å². The Balaban J connectivity index is 2.04. The van der Waals surface area contributed by atoms with Crippen molar-refractivity contribution in [3.63, 3.8) is 0 Å². The van der Waals surface area contributed by atoms with Crippen molar-refractivity contribution < 1.29 is 27.4 Å². The van der Waals surface area contributed by atoms with Crippen molar-refractivity contribution in [2.24, 2.45) is 5.92 Å². The zero-order valence-corrected chi connectivity index (χ0v) is 14.9. The molecule has 0 aliphatic carbocycles. The molecule has 1 saturated heterocycles. The first-order valence-corrected chi connectivity index (χ1v) is 9.27. The first-order valence-electron chi connectivity index (χ1n) is 7.83. The molecule has 0 radical (unpaired) electrons. The van der Waals surface area contributed by atoms with Crippen LogP contribution in [0, 0.1) is 11.7 Å². The van der Waals surface area contributed by atoms with Gasteiger partial charge in [-0.3, -0.25) is 4.79 Å². The minimum Gasteiger partial charge on any atom is -0.506 e. The van der Waals surface area contributed by atoms with Crippen LogP contribution in [-0.2, 0) is 15.0 Å². The molecule has 26 heavy (non-hydrogen) atoms. The van der Waals surface area contributed by atoms with Crippen molar-refractivity contribution in [3.05, 3.63) is 18.1 Å². The van der Waals surface area contributed by atoms with Gasteiger partial charge in [0, 0.05) is 6.07 Å². The summed E-state index contributed by atoms with van der Waals surface area (Å²) in [5, 5.41) is 10.1. The zero-order valence-electron chi connectivity index (χ0n) is 14.1. The molecule has 0 spiro atoms. The van der Waals surface area contributed by atoms with Gasteiger partial charge in [-0.15, -0.1) is 0 Å². The fourth-order valence-electron chi connectivity index (χ4n) is 2.42. The molecule has 0 saturated carbocycles. The molecule has 140 valence electrons. The van der Waals surface area contributed by atoms with Gasteiger partial charge in [0.05, 0.1) is 18.3 Å². The number of carbonyl (C=O) groups excluding carboxylic acids is 1. The molecule has 1 aromatic heterocycles. The van der Waals surface area contributed by atoms with E-state index < -0.39 is 39.9 Å².